The van der Waals surface area contributed by atoms with E-state index in [1.54, 1.807) is 0 Å². The molecule has 2 rings (SSSR count). The topological polar surface area (TPSA) is 24.9 Å². The molecule has 0 radical (unpaired) electrons. The lowest BCUT2D eigenvalue weighted by Crippen LogP contribution is -2.36. The van der Waals surface area contributed by atoms with E-state index in [1.807, 2.05) is 12.3 Å². The molecule has 2 heteroatoms. The molecule has 0 saturated heterocycles. The van der Waals surface area contributed by atoms with Crippen LogP contribution in [0.3, 0.4) is 0 Å². The van der Waals surface area contributed by atoms with Gasteiger partial charge in [0.25, 0.3) is 0 Å². The highest BCUT2D eigenvalue weighted by Crippen LogP contribution is 2.22. The summed E-state index contributed by atoms with van der Waals surface area (Å²) in [7, 11) is 2.06. The van der Waals surface area contributed by atoms with Crippen molar-refractivity contribution in [3.05, 3.63) is 42.1 Å². The van der Waals surface area contributed by atoms with Crippen LogP contribution >= 0.6 is 0 Å². The van der Waals surface area contributed by atoms with Gasteiger partial charge < -0.3 is 5.32 Å². The molecular weight excluding hydrogens is 232 g/mol. The van der Waals surface area contributed by atoms with Gasteiger partial charge in [0, 0.05) is 17.6 Å². The lowest BCUT2D eigenvalue weighted by Gasteiger charge is -2.27. The number of benzene rings is 1. The predicted molar refractivity (Wildman–Crippen MR) is 82.3 cm³/mol. The zero-order valence-electron chi connectivity index (χ0n) is 12.4. The van der Waals surface area contributed by atoms with Crippen molar-refractivity contribution in [3.8, 4) is 0 Å². The Hall–Kier alpha value is -1.41. The monoisotopic (exact) mass is 256 g/mol. The first-order valence-corrected chi connectivity index (χ1v) is 7.13. The summed E-state index contributed by atoms with van der Waals surface area (Å²) in [4.78, 5) is 4.43. The van der Waals surface area contributed by atoms with Crippen LogP contribution in [0.15, 0.2) is 36.5 Å². The van der Waals surface area contributed by atoms with Gasteiger partial charge in [-0.25, -0.2) is 0 Å². The molecule has 0 aliphatic heterocycles. The van der Waals surface area contributed by atoms with Gasteiger partial charge in [0.05, 0.1) is 5.52 Å². The second-order valence-corrected chi connectivity index (χ2v) is 5.69. The summed E-state index contributed by atoms with van der Waals surface area (Å²) in [6.45, 7) is 6.91. The molecular formula is C17H24N2. The molecule has 1 aromatic heterocycles. The van der Waals surface area contributed by atoms with E-state index in [9.17, 15) is 0 Å². The first-order valence-electron chi connectivity index (χ1n) is 7.13. The van der Waals surface area contributed by atoms with Crippen molar-refractivity contribution >= 4 is 10.9 Å². The Labute approximate surface area is 116 Å². The minimum absolute atomic E-state index is 0.505. The first kappa shape index (κ1) is 14.0. The van der Waals surface area contributed by atoms with Gasteiger partial charge in [-0.05, 0) is 43.0 Å². The third-order valence-corrected chi connectivity index (χ3v) is 4.24. The van der Waals surface area contributed by atoms with Crippen LogP contribution in [0, 0.1) is 11.8 Å². The van der Waals surface area contributed by atoms with Crippen molar-refractivity contribution < 1.29 is 0 Å². The average Bonchev–Trinajstić information content (AvgIpc) is 2.44. The van der Waals surface area contributed by atoms with Crippen LogP contribution in [0.4, 0.5) is 0 Å². The lowest BCUT2D eigenvalue weighted by molar-refractivity contribution is 0.310. The summed E-state index contributed by atoms with van der Waals surface area (Å²) in [6, 6.07) is 11.0. The van der Waals surface area contributed by atoms with E-state index >= 15 is 0 Å². The molecule has 19 heavy (non-hydrogen) atoms. The maximum atomic E-state index is 4.43. The number of aromatic nitrogens is 1. The molecule has 2 nitrogen and oxygen atoms in total. The van der Waals surface area contributed by atoms with Crippen LogP contribution in [0.2, 0.25) is 0 Å². The van der Waals surface area contributed by atoms with Gasteiger partial charge in [0.1, 0.15) is 0 Å². The Morgan fingerprint density at radius 2 is 1.84 bits per heavy atom. The summed E-state index contributed by atoms with van der Waals surface area (Å²) >= 11 is 0. The number of hydrogen-bond acceptors (Lipinski definition) is 2. The van der Waals surface area contributed by atoms with Gasteiger partial charge in [0.2, 0.25) is 0 Å². The maximum absolute atomic E-state index is 4.43. The highest BCUT2D eigenvalue weighted by atomic mass is 14.9. The Morgan fingerprint density at radius 1 is 1.11 bits per heavy atom. The highest BCUT2D eigenvalue weighted by Gasteiger charge is 2.19. The number of hydrogen-bond donors (Lipinski definition) is 1. The van der Waals surface area contributed by atoms with Crippen LogP contribution in [0.1, 0.15) is 26.3 Å². The maximum Gasteiger partial charge on any atom is 0.0704 e. The number of nitrogens with one attached hydrogen (secondary N) is 1. The van der Waals surface area contributed by atoms with E-state index in [0.29, 0.717) is 17.9 Å². The van der Waals surface area contributed by atoms with Gasteiger partial charge in [-0.15, -0.1) is 0 Å². The largest absolute Gasteiger partial charge is 0.316 e. The predicted octanol–water partition coefficient (Wildman–Crippen LogP) is 3.66. The van der Waals surface area contributed by atoms with Crippen molar-refractivity contribution in [3.63, 3.8) is 0 Å². The van der Waals surface area contributed by atoms with Crippen LogP contribution in [-0.4, -0.2) is 18.1 Å². The smallest absolute Gasteiger partial charge is 0.0704 e. The van der Waals surface area contributed by atoms with E-state index in [4.69, 9.17) is 0 Å². The van der Waals surface area contributed by atoms with Crippen molar-refractivity contribution in [2.24, 2.45) is 11.8 Å². The van der Waals surface area contributed by atoms with E-state index in [1.165, 1.54) is 10.9 Å². The Kier molecular flexibility index (Phi) is 4.54. The zero-order chi connectivity index (χ0) is 13.8. The number of likely N-dealkylation sites (N-methyl/N-ethyl adjacent to an activating group) is 1. The number of pyridine rings is 1. The molecule has 0 saturated carbocycles. The van der Waals surface area contributed by atoms with Crippen LogP contribution in [0.25, 0.3) is 10.9 Å². The van der Waals surface area contributed by atoms with Crippen LogP contribution in [0.5, 0.6) is 0 Å². The SMILES string of the molecule is CNC(Cc1ccnc2ccccc12)C(C)C(C)C. The molecule has 1 aromatic carbocycles. The Morgan fingerprint density at radius 3 is 2.53 bits per heavy atom. The summed E-state index contributed by atoms with van der Waals surface area (Å²) in [5.41, 5.74) is 2.48. The van der Waals surface area contributed by atoms with E-state index in [2.05, 4.69) is 62.4 Å². The number of rotatable bonds is 5. The van der Waals surface area contributed by atoms with E-state index in [-0.39, 0.29) is 0 Å². The van der Waals surface area contributed by atoms with Crippen LogP contribution < -0.4 is 5.32 Å². The summed E-state index contributed by atoms with van der Waals surface area (Å²) in [5, 5.41) is 4.75. The third kappa shape index (κ3) is 3.13. The minimum Gasteiger partial charge on any atom is -0.316 e. The van der Waals surface area contributed by atoms with Crippen molar-refractivity contribution in [2.75, 3.05) is 7.05 Å². The van der Waals surface area contributed by atoms with Crippen molar-refractivity contribution in [2.45, 2.75) is 33.2 Å². The summed E-state index contributed by atoms with van der Waals surface area (Å²) < 4.78 is 0. The number of para-hydroxylation sites is 1. The van der Waals surface area contributed by atoms with Crippen LogP contribution in [-0.2, 0) is 6.42 Å². The second kappa shape index (κ2) is 6.16. The average molecular weight is 256 g/mol. The minimum atomic E-state index is 0.505. The second-order valence-electron chi connectivity index (χ2n) is 5.69. The molecule has 2 aromatic rings. The summed E-state index contributed by atoms with van der Waals surface area (Å²) in [5.74, 6) is 1.34. The molecule has 0 aliphatic carbocycles. The first-order chi connectivity index (χ1) is 9.13. The van der Waals surface area contributed by atoms with Crippen molar-refractivity contribution in [1.29, 1.82) is 0 Å². The standard InChI is InChI=1S/C17H24N2/c1-12(2)13(3)17(18-4)11-14-9-10-19-16-8-6-5-7-15(14)16/h5-10,12-13,17-18H,11H2,1-4H3. The van der Waals surface area contributed by atoms with Gasteiger partial charge in [-0.1, -0.05) is 39.0 Å². The fourth-order valence-corrected chi connectivity index (χ4v) is 2.59. The molecule has 0 spiro atoms. The molecule has 102 valence electrons. The number of nitrogens with zero attached hydrogens (tertiary/aromatic N) is 1. The molecule has 0 aliphatic rings. The summed E-state index contributed by atoms with van der Waals surface area (Å²) in [6.07, 6.45) is 2.98. The Balaban J connectivity index is 2.29. The fraction of sp³-hybridized carbons (Fsp3) is 0.471. The molecule has 1 N–H and O–H groups in total. The Bertz CT molecular complexity index is 528. The third-order valence-electron chi connectivity index (χ3n) is 4.24. The van der Waals surface area contributed by atoms with Gasteiger partial charge in [-0.2, -0.15) is 0 Å². The molecule has 2 unspecified atom stereocenters. The van der Waals surface area contributed by atoms with E-state index in [0.717, 1.165) is 11.9 Å². The zero-order valence-corrected chi connectivity index (χ0v) is 12.4. The lowest BCUT2D eigenvalue weighted by atomic mass is 9.86. The van der Waals surface area contributed by atoms with Gasteiger partial charge in [-0.3, -0.25) is 4.98 Å². The normalized spacial score (nSPS) is 14.8. The molecule has 1 heterocycles. The fourth-order valence-electron chi connectivity index (χ4n) is 2.59. The molecule has 0 bridgehead atoms. The van der Waals surface area contributed by atoms with Gasteiger partial charge in [0.15, 0.2) is 0 Å². The molecule has 2 atom stereocenters. The number of fused-ring (bicyclic) bond motifs is 1. The van der Waals surface area contributed by atoms with Crippen molar-refractivity contribution in [1.82, 2.24) is 10.3 Å². The van der Waals surface area contributed by atoms with Gasteiger partial charge >= 0.3 is 0 Å². The molecule has 0 fully saturated rings. The highest BCUT2D eigenvalue weighted by molar-refractivity contribution is 5.81. The quantitative estimate of drug-likeness (QED) is 0.883. The van der Waals surface area contributed by atoms with E-state index < -0.39 is 0 Å². The molecule has 0 amide bonds.